The standard InChI is InChI=1S/C15H18FN3O/c1-10-6-7-11(9-12(10)16)15-18-14(19-20-15)13-5-3-2-4-8-17-13/h6-7,9,13,17H,2-5,8H2,1H3. The molecule has 0 radical (unpaired) electrons. The van der Waals surface area contributed by atoms with Crippen LogP contribution in [0.2, 0.25) is 0 Å². The zero-order valence-electron chi connectivity index (χ0n) is 11.5. The van der Waals surface area contributed by atoms with E-state index in [-0.39, 0.29) is 11.9 Å². The van der Waals surface area contributed by atoms with Crippen LogP contribution in [0.15, 0.2) is 22.7 Å². The lowest BCUT2D eigenvalue weighted by molar-refractivity contribution is 0.402. The van der Waals surface area contributed by atoms with Gasteiger partial charge >= 0.3 is 0 Å². The molecule has 0 bridgehead atoms. The largest absolute Gasteiger partial charge is 0.334 e. The second-order valence-corrected chi connectivity index (χ2v) is 5.28. The Balaban J connectivity index is 1.83. The molecule has 1 aromatic carbocycles. The van der Waals surface area contributed by atoms with Gasteiger partial charge in [-0.1, -0.05) is 24.1 Å². The highest BCUT2D eigenvalue weighted by molar-refractivity contribution is 5.53. The van der Waals surface area contributed by atoms with Crippen molar-refractivity contribution in [2.45, 2.75) is 38.6 Å². The number of halogens is 1. The molecule has 1 N–H and O–H groups in total. The average molecular weight is 275 g/mol. The van der Waals surface area contributed by atoms with Crippen molar-refractivity contribution in [2.24, 2.45) is 0 Å². The highest BCUT2D eigenvalue weighted by atomic mass is 19.1. The molecule has 106 valence electrons. The minimum atomic E-state index is -0.255. The molecule has 1 unspecified atom stereocenters. The topological polar surface area (TPSA) is 51.0 Å². The predicted molar refractivity (Wildman–Crippen MR) is 73.6 cm³/mol. The number of aromatic nitrogens is 2. The van der Waals surface area contributed by atoms with Crippen LogP contribution in [0.4, 0.5) is 4.39 Å². The van der Waals surface area contributed by atoms with E-state index in [4.69, 9.17) is 4.52 Å². The molecule has 0 saturated carbocycles. The van der Waals surface area contributed by atoms with Crippen molar-refractivity contribution in [3.05, 3.63) is 35.4 Å². The van der Waals surface area contributed by atoms with Gasteiger partial charge in [-0.25, -0.2) is 4.39 Å². The van der Waals surface area contributed by atoms with Gasteiger partial charge in [-0.15, -0.1) is 0 Å². The third-order valence-corrected chi connectivity index (χ3v) is 3.73. The van der Waals surface area contributed by atoms with Crippen LogP contribution in [0.3, 0.4) is 0 Å². The molecule has 2 heterocycles. The molecule has 1 aliphatic rings. The first-order valence-electron chi connectivity index (χ1n) is 7.07. The number of aryl methyl sites for hydroxylation is 1. The van der Waals surface area contributed by atoms with Crippen LogP contribution in [0.5, 0.6) is 0 Å². The molecule has 0 amide bonds. The summed E-state index contributed by atoms with van der Waals surface area (Å²) in [5, 5.41) is 7.46. The minimum Gasteiger partial charge on any atom is -0.334 e. The summed E-state index contributed by atoms with van der Waals surface area (Å²) < 4.78 is 18.8. The van der Waals surface area contributed by atoms with Gasteiger partial charge in [0.05, 0.1) is 6.04 Å². The maximum absolute atomic E-state index is 13.6. The third-order valence-electron chi connectivity index (χ3n) is 3.73. The quantitative estimate of drug-likeness (QED) is 0.912. The maximum Gasteiger partial charge on any atom is 0.258 e. The molecule has 0 spiro atoms. The molecule has 1 fully saturated rings. The Morgan fingerprint density at radius 3 is 3.05 bits per heavy atom. The molecule has 1 aliphatic heterocycles. The van der Waals surface area contributed by atoms with Gasteiger partial charge in [0.15, 0.2) is 5.82 Å². The van der Waals surface area contributed by atoms with E-state index in [2.05, 4.69) is 15.5 Å². The van der Waals surface area contributed by atoms with Crippen molar-refractivity contribution in [1.82, 2.24) is 15.5 Å². The van der Waals surface area contributed by atoms with Crippen LogP contribution in [-0.2, 0) is 0 Å². The monoisotopic (exact) mass is 275 g/mol. The Bertz CT molecular complexity index is 589. The zero-order chi connectivity index (χ0) is 13.9. The fourth-order valence-electron chi connectivity index (χ4n) is 2.47. The lowest BCUT2D eigenvalue weighted by atomic mass is 10.1. The van der Waals surface area contributed by atoms with Crippen LogP contribution in [0.25, 0.3) is 11.5 Å². The van der Waals surface area contributed by atoms with Gasteiger partial charge < -0.3 is 9.84 Å². The van der Waals surface area contributed by atoms with Gasteiger partial charge in [-0.05, 0) is 44.0 Å². The van der Waals surface area contributed by atoms with Crippen molar-refractivity contribution in [3.8, 4) is 11.5 Å². The zero-order valence-corrected chi connectivity index (χ0v) is 11.5. The first kappa shape index (κ1) is 13.2. The lowest BCUT2D eigenvalue weighted by Crippen LogP contribution is -2.21. The second kappa shape index (κ2) is 5.71. The Morgan fingerprint density at radius 1 is 1.30 bits per heavy atom. The van der Waals surface area contributed by atoms with Crippen molar-refractivity contribution >= 4 is 0 Å². The average Bonchev–Trinajstić information content (AvgIpc) is 2.78. The Kier molecular flexibility index (Phi) is 3.78. The van der Waals surface area contributed by atoms with Gasteiger partial charge in [-0.3, -0.25) is 0 Å². The van der Waals surface area contributed by atoms with Gasteiger partial charge in [0.2, 0.25) is 0 Å². The number of rotatable bonds is 2. The van der Waals surface area contributed by atoms with Crippen molar-refractivity contribution < 1.29 is 8.91 Å². The summed E-state index contributed by atoms with van der Waals surface area (Å²) in [6.07, 6.45) is 4.60. The molecule has 3 rings (SSSR count). The Hall–Kier alpha value is -1.75. The summed E-state index contributed by atoms with van der Waals surface area (Å²) >= 11 is 0. The molecule has 5 heteroatoms. The van der Waals surface area contributed by atoms with Gasteiger partial charge in [-0.2, -0.15) is 4.98 Å². The minimum absolute atomic E-state index is 0.144. The molecule has 1 aromatic heterocycles. The number of nitrogens with one attached hydrogen (secondary N) is 1. The van der Waals surface area contributed by atoms with Gasteiger partial charge in [0.1, 0.15) is 5.82 Å². The molecule has 0 aliphatic carbocycles. The van der Waals surface area contributed by atoms with Crippen LogP contribution in [-0.4, -0.2) is 16.7 Å². The normalized spacial score (nSPS) is 19.8. The fourth-order valence-corrected chi connectivity index (χ4v) is 2.47. The maximum atomic E-state index is 13.6. The van der Waals surface area contributed by atoms with Crippen LogP contribution in [0.1, 0.15) is 43.1 Å². The highest BCUT2D eigenvalue weighted by Gasteiger charge is 2.20. The van der Waals surface area contributed by atoms with Crippen LogP contribution >= 0.6 is 0 Å². The number of benzene rings is 1. The smallest absolute Gasteiger partial charge is 0.258 e. The van der Waals surface area contributed by atoms with Crippen LogP contribution < -0.4 is 5.32 Å². The molecular weight excluding hydrogens is 257 g/mol. The van der Waals surface area contributed by atoms with E-state index in [0.29, 0.717) is 22.8 Å². The van der Waals surface area contributed by atoms with Crippen molar-refractivity contribution in [1.29, 1.82) is 0 Å². The predicted octanol–water partition coefficient (Wildman–Crippen LogP) is 3.39. The van der Waals surface area contributed by atoms with Gasteiger partial charge in [0, 0.05) is 5.56 Å². The first-order valence-corrected chi connectivity index (χ1v) is 7.07. The summed E-state index contributed by atoms with van der Waals surface area (Å²) in [5.41, 5.74) is 1.24. The van der Waals surface area contributed by atoms with E-state index in [1.54, 1.807) is 19.1 Å². The van der Waals surface area contributed by atoms with Crippen LogP contribution in [0, 0.1) is 12.7 Å². The summed E-state index contributed by atoms with van der Waals surface area (Å²) in [5.74, 6) is 0.794. The molecule has 4 nitrogen and oxygen atoms in total. The molecule has 1 atom stereocenters. The van der Waals surface area contributed by atoms with E-state index in [1.807, 2.05) is 0 Å². The molecular formula is C15H18FN3O. The number of hydrogen-bond acceptors (Lipinski definition) is 4. The van der Waals surface area contributed by atoms with Gasteiger partial charge in [0.25, 0.3) is 5.89 Å². The summed E-state index contributed by atoms with van der Waals surface area (Å²) in [6, 6.07) is 5.10. The summed E-state index contributed by atoms with van der Waals surface area (Å²) in [6.45, 7) is 2.71. The Labute approximate surface area is 117 Å². The molecule has 2 aromatic rings. The van der Waals surface area contributed by atoms with E-state index in [9.17, 15) is 4.39 Å². The number of hydrogen-bond donors (Lipinski definition) is 1. The molecule has 1 saturated heterocycles. The Morgan fingerprint density at radius 2 is 2.20 bits per heavy atom. The van der Waals surface area contributed by atoms with E-state index in [1.165, 1.54) is 25.3 Å². The first-order chi connectivity index (χ1) is 9.74. The second-order valence-electron chi connectivity index (χ2n) is 5.28. The summed E-state index contributed by atoms with van der Waals surface area (Å²) in [4.78, 5) is 4.41. The van der Waals surface area contributed by atoms with E-state index in [0.717, 1.165) is 13.0 Å². The lowest BCUT2D eigenvalue weighted by Gasteiger charge is -2.09. The summed E-state index contributed by atoms with van der Waals surface area (Å²) in [7, 11) is 0. The number of nitrogens with zero attached hydrogens (tertiary/aromatic N) is 2. The van der Waals surface area contributed by atoms with E-state index < -0.39 is 0 Å². The molecule has 20 heavy (non-hydrogen) atoms. The fraction of sp³-hybridized carbons (Fsp3) is 0.467. The van der Waals surface area contributed by atoms with E-state index >= 15 is 0 Å². The van der Waals surface area contributed by atoms with Crippen molar-refractivity contribution in [3.63, 3.8) is 0 Å². The SMILES string of the molecule is Cc1ccc(-c2nc(C3CCCCCN3)no2)cc1F. The third kappa shape index (κ3) is 2.72. The van der Waals surface area contributed by atoms with Crippen molar-refractivity contribution in [2.75, 3.05) is 6.54 Å². The highest BCUT2D eigenvalue weighted by Crippen LogP contribution is 2.24.